The van der Waals surface area contributed by atoms with Crippen molar-refractivity contribution in [2.75, 3.05) is 23.9 Å². The molecule has 0 aromatic carbocycles. The van der Waals surface area contributed by atoms with Crippen molar-refractivity contribution in [1.29, 1.82) is 0 Å². The first-order chi connectivity index (χ1) is 7.19. The standard InChI is InChI=1S/C9H14ClN3O2/c1-2-4-13(5-3-10)7-6-11-9(15)12-8(7)14/h6H,2-5H2,1H3,(H2,11,12,14,15). The molecular formula is C9H14ClN3O2. The number of anilines is 1. The number of rotatable bonds is 5. The number of nitrogens with one attached hydrogen (secondary N) is 2. The SMILES string of the molecule is CCCN(CCCl)c1c[nH]c(=O)[nH]c1=O. The monoisotopic (exact) mass is 231 g/mol. The molecule has 0 fully saturated rings. The van der Waals surface area contributed by atoms with Crippen LogP contribution >= 0.6 is 11.6 Å². The number of nitrogens with zero attached hydrogens (tertiary/aromatic N) is 1. The van der Waals surface area contributed by atoms with Crippen LogP contribution in [-0.4, -0.2) is 28.9 Å². The van der Waals surface area contributed by atoms with Crippen LogP contribution in [0, 0.1) is 0 Å². The number of hydrogen-bond donors (Lipinski definition) is 2. The van der Waals surface area contributed by atoms with E-state index >= 15 is 0 Å². The van der Waals surface area contributed by atoms with Crippen LogP contribution in [0.3, 0.4) is 0 Å². The second kappa shape index (κ2) is 5.60. The molecule has 0 saturated heterocycles. The van der Waals surface area contributed by atoms with Crippen LogP contribution in [-0.2, 0) is 0 Å². The average Bonchev–Trinajstić information content (AvgIpc) is 2.17. The van der Waals surface area contributed by atoms with Gasteiger partial charge in [0.2, 0.25) is 0 Å². The minimum absolute atomic E-state index is 0.377. The highest BCUT2D eigenvalue weighted by atomic mass is 35.5. The molecule has 0 bridgehead atoms. The predicted octanol–water partition coefficient (Wildman–Crippen LogP) is 0.518. The summed E-state index contributed by atoms with van der Waals surface area (Å²) in [6, 6.07) is 0. The van der Waals surface area contributed by atoms with Gasteiger partial charge in [-0.25, -0.2) is 4.79 Å². The molecule has 15 heavy (non-hydrogen) atoms. The number of aromatic nitrogens is 2. The maximum atomic E-state index is 11.5. The van der Waals surface area contributed by atoms with Gasteiger partial charge in [-0.3, -0.25) is 9.78 Å². The van der Waals surface area contributed by atoms with E-state index in [1.54, 1.807) is 0 Å². The number of H-pyrrole nitrogens is 2. The number of hydrogen-bond acceptors (Lipinski definition) is 3. The van der Waals surface area contributed by atoms with E-state index in [1.807, 2.05) is 11.8 Å². The molecule has 5 nitrogen and oxygen atoms in total. The lowest BCUT2D eigenvalue weighted by Crippen LogP contribution is -2.34. The molecule has 1 rings (SSSR count). The third-order valence-electron chi connectivity index (χ3n) is 1.99. The maximum absolute atomic E-state index is 11.5. The van der Waals surface area contributed by atoms with Gasteiger partial charge < -0.3 is 9.88 Å². The van der Waals surface area contributed by atoms with Crippen LogP contribution in [0.2, 0.25) is 0 Å². The third kappa shape index (κ3) is 3.13. The number of alkyl halides is 1. The Labute approximate surface area is 92.1 Å². The van der Waals surface area contributed by atoms with Crippen molar-refractivity contribution in [3.8, 4) is 0 Å². The van der Waals surface area contributed by atoms with Gasteiger partial charge in [-0.1, -0.05) is 6.92 Å². The van der Waals surface area contributed by atoms with Crippen LogP contribution < -0.4 is 16.1 Å². The van der Waals surface area contributed by atoms with E-state index in [2.05, 4.69) is 9.97 Å². The van der Waals surface area contributed by atoms with Gasteiger partial charge in [-0.15, -0.1) is 11.6 Å². The minimum Gasteiger partial charge on any atom is -0.365 e. The highest BCUT2D eigenvalue weighted by Crippen LogP contribution is 2.05. The predicted molar refractivity (Wildman–Crippen MR) is 60.9 cm³/mol. The molecule has 1 heterocycles. The van der Waals surface area contributed by atoms with Crippen LogP contribution in [0.25, 0.3) is 0 Å². The number of aromatic amines is 2. The third-order valence-corrected chi connectivity index (χ3v) is 2.16. The van der Waals surface area contributed by atoms with Crippen molar-refractivity contribution in [1.82, 2.24) is 9.97 Å². The maximum Gasteiger partial charge on any atom is 0.325 e. The van der Waals surface area contributed by atoms with Crippen molar-refractivity contribution in [3.63, 3.8) is 0 Å². The topological polar surface area (TPSA) is 69.0 Å². The quantitative estimate of drug-likeness (QED) is 0.726. The average molecular weight is 232 g/mol. The Balaban J connectivity index is 3.00. The minimum atomic E-state index is -0.494. The van der Waals surface area contributed by atoms with Crippen molar-refractivity contribution in [3.05, 3.63) is 27.0 Å². The Morgan fingerprint density at radius 2 is 2.13 bits per heavy atom. The molecule has 84 valence electrons. The lowest BCUT2D eigenvalue weighted by Gasteiger charge is -2.21. The zero-order valence-electron chi connectivity index (χ0n) is 8.55. The first-order valence-electron chi connectivity index (χ1n) is 4.82. The van der Waals surface area contributed by atoms with E-state index in [0.717, 1.165) is 13.0 Å². The summed E-state index contributed by atoms with van der Waals surface area (Å²) >= 11 is 5.64. The van der Waals surface area contributed by atoms with Crippen LogP contribution in [0.4, 0.5) is 5.69 Å². The zero-order valence-corrected chi connectivity index (χ0v) is 9.30. The second-order valence-corrected chi connectivity index (χ2v) is 3.51. The molecule has 2 N–H and O–H groups in total. The Bertz CT molecular complexity index is 406. The molecule has 0 atom stereocenters. The summed E-state index contributed by atoms with van der Waals surface area (Å²) in [5.41, 5.74) is -0.416. The van der Waals surface area contributed by atoms with Gasteiger partial charge in [0, 0.05) is 25.2 Å². The number of halogens is 1. The molecular weight excluding hydrogens is 218 g/mol. The lowest BCUT2D eigenvalue weighted by atomic mass is 10.3. The normalized spacial score (nSPS) is 10.3. The Hall–Kier alpha value is -1.23. The van der Waals surface area contributed by atoms with E-state index in [9.17, 15) is 9.59 Å². The Kier molecular flexibility index (Phi) is 4.42. The summed E-state index contributed by atoms with van der Waals surface area (Å²) in [6.45, 7) is 3.34. The van der Waals surface area contributed by atoms with Gasteiger partial charge in [0.1, 0.15) is 5.69 Å². The van der Waals surface area contributed by atoms with Gasteiger partial charge in [0.15, 0.2) is 0 Å². The zero-order chi connectivity index (χ0) is 11.3. The fourth-order valence-electron chi connectivity index (χ4n) is 1.36. The summed E-state index contributed by atoms with van der Waals surface area (Å²) in [5.74, 6) is 0.443. The van der Waals surface area contributed by atoms with Crippen molar-refractivity contribution in [2.45, 2.75) is 13.3 Å². The van der Waals surface area contributed by atoms with Crippen molar-refractivity contribution < 1.29 is 0 Å². The molecule has 0 amide bonds. The van der Waals surface area contributed by atoms with Crippen LogP contribution in [0.5, 0.6) is 0 Å². The Morgan fingerprint density at radius 3 is 2.67 bits per heavy atom. The highest BCUT2D eigenvalue weighted by Gasteiger charge is 2.08. The summed E-state index contributed by atoms with van der Waals surface area (Å²) < 4.78 is 0. The molecule has 0 saturated carbocycles. The molecule has 0 radical (unpaired) electrons. The van der Waals surface area contributed by atoms with Gasteiger partial charge in [-0.2, -0.15) is 0 Å². The summed E-state index contributed by atoms with van der Waals surface area (Å²) in [7, 11) is 0. The van der Waals surface area contributed by atoms with Crippen molar-refractivity contribution >= 4 is 17.3 Å². The molecule has 0 unspecified atom stereocenters. The van der Waals surface area contributed by atoms with Crippen molar-refractivity contribution in [2.24, 2.45) is 0 Å². The highest BCUT2D eigenvalue weighted by molar-refractivity contribution is 6.18. The van der Waals surface area contributed by atoms with Gasteiger partial charge in [-0.05, 0) is 6.42 Å². The largest absolute Gasteiger partial charge is 0.365 e. The van der Waals surface area contributed by atoms with Gasteiger partial charge >= 0.3 is 5.69 Å². The molecule has 0 aliphatic carbocycles. The molecule has 1 aromatic rings. The molecule has 0 spiro atoms. The molecule has 0 aliphatic rings. The molecule has 6 heteroatoms. The van der Waals surface area contributed by atoms with E-state index in [4.69, 9.17) is 11.6 Å². The second-order valence-electron chi connectivity index (χ2n) is 3.13. The van der Waals surface area contributed by atoms with Crippen LogP contribution in [0.15, 0.2) is 15.8 Å². The van der Waals surface area contributed by atoms with E-state index < -0.39 is 5.69 Å². The molecule has 0 aliphatic heterocycles. The van der Waals surface area contributed by atoms with E-state index in [-0.39, 0.29) is 5.56 Å². The van der Waals surface area contributed by atoms with Gasteiger partial charge in [0.25, 0.3) is 5.56 Å². The smallest absolute Gasteiger partial charge is 0.325 e. The first kappa shape index (κ1) is 11.8. The summed E-state index contributed by atoms with van der Waals surface area (Å²) in [6.07, 6.45) is 2.33. The fourth-order valence-corrected chi connectivity index (χ4v) is 1.57. The van der Waals surface area contributed by atoms with E-state index in [0.29, 0.717) is 18.1 Å². The Morgan fingerprint density at radius 1 is 1.40 bits per heavy atom. The van der Waals surface area contributed by atoms with Crippen LogP contribution in [0.1, 0.15) is 13.3 Å². The summed E-state index contributed by atoms with van der Waals surface area (Å²) in [4.78, 5) is 28.8. The summed E-state index contributed by atoms with van der Waals surface area (Å²) in [5, 5.41) is 0. The van der Waals surface area contributed by atoms with Gasteiger partial charge in [0.05, 0.1) is 0 Å². The molecule has 1 aromatic heterocycles. The lowest BCUT2D eigenvalue weighted by molar-refractivity contribution is 0.782. The van der Waals surface area contributed by atoms with E-state index in [1.165, 1.54) is 6.20 Å². The first-order valence-corrected chi connectivity index (χ1v) is 5.35. The fraction of sp³-hybridized carbons (Fsp3) is 0.556.